The van der Waals surface area contributed by atoms with E-state index in [1.165, 1.54) is 24.8 Å². The van der Waals surface area contributed by atoms with Crippen LogP contribution < -0.4 is 5.73 Å². The fourth-order valence-corrected chi connectivity index (χ4v) is 3.28. The summed E-state index contributed by atoms with van der Waals surface area (Å²) in [6.07, 6.45) is 3.74. The molecule has 2 atom stereocenters. The van der Waals surface area contributed by atoms with Gasteiger partial charge in [-0.15, -0.1) is 0 Å². The fourth-order valence-electron chi connectivity index (χ4n) is 2.69. The molecule has 1 aromatic carbocycles. The molecule has 0 radical (unpaired) electrons. The standard InChI is InChI=1S/C14H20BrClN2/c1-10(17)14-4-2-3-7-18(14)9-11-8-12(15)5-6-13(11)16/h5-6,8,10,14H,2-4,7,9,17H2,1H3. The quantitative estimate of drug-likeness (QED) is 0.912. The van der Waals surface area contributed by atoms with Crippen LogP contribution in [0.4, 0.5) is 0 Å². The van der Waals surface area contributed by atoms with E-state index in [-0.39, 0.29) is 6.04 Å². The lowest BCUT2D eigenvalue weighted by atomic mass is 9.96. The zero-order valence-corrected chi connectivity index (χ0v) is 13.0. The van der Waals surface area contributed by atoms with Crippen molar-refractivity contribution >= 4 is 27.5 Å². The van der Waals surface area contributed by atoms with Gasteiger partial charge in [-0.1, -0.05) is 34.0 Å². The van der Waals surface area contributed by atoms with E-state index >= 15 is 0 Å². The molecule has 0 spiro atoms. The third-order valence-electron chi connectivity index (χ3n) is 3.65. The Hall–Kier alpha value is -0.0900. The van der Waals surface area contributed by atoms with Crippen LogP contribution >= 0.6 is 27.5 Å². The summed E-state index contributed by atoms with van der Waals surface area (Å²) in [6.45, 7) is 4.12. The summed E-state index contributed by atoms with van der Waals surface area (Å²) in [4.78, 5) is 2.47. The van der Waals surface area contributed by atoms with Crippen molar-refractivity contribution in [1.82, 2.24) is 4.90 Å². The number of hydrogen-bond acceptors (Lipinski definition) is 2. The van der Waals surface area contributed by atoms with Gasteiger partial charge in [0.05, 0.1) is 0 Å². The predicted octanol–water partition coefficient (Wildman–Crippen LogP) is 3.80. The molecule has 1 saturated heterocycles. The van der Waals surface area contributed by atoms with Crippen molar-refractivity contribution in [2.24, 2.45) is 5.73 Å². The molecule has 0 amide bonds. The average Bonchev–Trinajstić information content (AvgIpc) is 2.34. The molecule has 2 N–H and O–H groups in total. The van der Waals surface area contributed by atoms with E-state index in [1.54, 1.807) is 0 Å². The lowest BCUT2D eigenvalue weighted by molar-refractivity contribution is 0.123. The van der Waals surface area contributed by atoms with E-state index in [0.29, 0.717) is 6.04 Å². The van der Waals surface area contributed by atoms with Crippen LogP contribution in [0.25, 0.3) is 0 Å². The monoisotopic (exact) mass is 330 g/mol. The summed E-state index contributed by atoms with van der Waals surface area (Å²) in [5, 5.41) is 0.840. The third-order valence-corrected chi connectivity index (χ3v) is 4.51. The van der Waals surface area contributed by atoms with Crippen molar-refractivity contribution in [2.75, 3.05) is 6.54 Å². The number of rotatable bonds is 3. The lowest BCUT2D eigenvalue weighted by Crippen LogP contribution is -2.48. The summed E-state index contributed by atoms with van der Waals surface area (Å²) in [7, 11) is 0. The number of halogens is 2. The first-order valence-electron chi connectivity index (χ1n) is 6.51. The number of nitrogens with zero attached hydrogens (tertiary/aromatic N) is 1. The molecule has 0 aromatic heterocycles. The van der Waals surface area contributed by atoms with Gasteiger partial charge in [0.25, 0.3) is 0 Å². The van der Waals surface area contributed by atoms with E-state index < -0.39 is 0 Å². The van der Waals surface area contributed by atoms with Gasteiger partial charge in [-0.25, -0.2) is 0 Å². The molecule has 2 unspecified atom stereocenters. The molecule has 0 bridgehead atoms. The summed E-state index contributed by atoms with van der Waals surface area (Å²) < 4.78 is 1.08. The highest BCUT2D eigenvalue weighted by Gasteiger charge is 2.25. The Kier molecular flexibility index (Phi) is 5.07. The van der Waals surface area contributed by atoms with Crippen molar-refractivity contribution in [1.29, 1.82) is 0 Å². The number of piperidine rings is 1. The summed E-state index contributed by atoms with van der Waals surface area (Å²) in [5.74, 6) is 0. The van der Waals surface area contributed by atoms with E-state index in [4.69, 9.17) is 17.3 Å². The molecular weight excluding hydrogens is 312 g/mol. The number of benzene rings is 1. The summed E-state index contributed by atoms with van der Waals surface area (Å²) in [6, 6.07) is 6.73. The van der Waals surface area contributed by atoms with Crippen molar-refractivity contribution < 1.29 is 0 Å². The second-order valence-electron chi connectivity index (χ2n) is 5.13. The Labute approximate surface area is 123 Å². The molecule has 1 heterocycles. The Morgan fingerprint density at radius 1 is 1.50 bits per heavy atom. The number of hydrogen-bond donors (Lipinski definition) is 1. The van der Waals surface area contributed by atoms with Gasteiger partial charge in [0.1, 0.15) is 0 Å². The normalized spacial score (nSPS) is 23.0. The number of likely N-dealkylation sites (tertiary alicyclic amines) is 1. The highest BCUT2D eigenvalue weighted by Crippen LogP contribution is 2.26. The summed E-state index contributed by atoms with van der Waals surface area (Å²) >= 11 is 9.77. The van der Waals surface area contributed by atoms with Crippen LogP contribution in [0.3, 0.4) is 0 Å². The zero-order valence-electron chi connectivity index (χ0n) is 10.7. The SMILES string of the molecule is CC(N)C1CCCCN1Cc1cc(Br)ccc1Cl. The van der Waals surface area contributed by atoms with Crippen LogP contribution in [0.5, 0.6) is 0 Å². The van der Waals surface area contributed by atoms with Crippen LogP contribution in [0.15, 0.2) is 22.7 Å². The van der Waals surface area contributed by atoms with Gasteiger partial charge in [-0.05, 0) is 50.1 Å². The smallest absolute Gasteiger partial charge is 0.0451 e. The molecule has 0 saturated carbocycles. The van der Waals surface area contributed by atoms with Crippen LogP contribution in [-0.4, -0.2) is 23.5 Å². The van der Waals surface area contributed by atoms with E-state index in [0.717, 1.165) is 22.6 Å². The molecule has 0 aliphatic carbocycles. The van der Waals surface area contributed by atoms with E-state index in [2.05, 4.69) is 33.8 Å². The third kappa shape index (κ3) is 3.47. The highest BCUT2D eigenvalue weighted by molar-refractivity contribution is 9.10. The van der Waals surface area contributed by atoms with Crippen LogP contribution in [0, 0.1) is 0 Å². The maximum atomic E-state index is 6.26. The van der Waals surface area contributed by atoms with Gasteiger partial charge in [0.15, 0.2) is 0 Å². The van der Waals surface area contributed by atoms with E-state index in [1.807, 2.05) is 12.1 Å². The topological polar surface area (TPSA) is 29.3 Å². The van der Waals surface area contributed by atoms with Gasteiger partial charge in [0, 0.05) is 28.1 Å². The minimum atomic E-state index is 0.219. The molecule has 1 aromatic rings. The first-order valence-corrected chi connectivity index (χ1v) is 7.68. The maximum absolute atomic E-state index is 6.26. The van der Waals surface area contributed by atoms with E-state index in [9.17, 15) is 0 Å². The van der Waals surface area contributed by atoms with Gasteiger partial charge in [-0.2, -0.15) is 0 Å². The van der Waals surface area contributed by atoms with Crippen molar-refractivity contribution in [3.8, 4) is 0 Å². The highest BCUT2D eigenvalue weighted by atomic mass is 79.9. The first kappa shape index (κ1) is 14.3. The van der Waals surface area contributed by atoms with Gasteiger partial charge < -0.3 is 5.73 Å². The van der Waals surface area contributed by atoms with Crippen molar-refractivity contribution in [2.45, 2.75) is 44.8 Å². The molecule has 1 aliphatic heterocycles. The van der Waals surface area contributed by atoms with Crippen LogP contribution in [0.1, 0.15) is 31.7 Å². The predicted molar refractivity (Wildman–Crippen MR) is 80.9 cm³/mol. The molecule has 100 valence electrons. The minimum Gasteiger partial charge on any atom is -0.327 e. The van der Waals surface area contributed by atoms with Crippen molar-refractivity contribution in [3.63, 3.8) is 0 Å². The summed E-state index contributed by atoms with van der Waals surface area (Å²) in [5.41, 5.74) is 7.27. The zero-order chi connectivity index (χ0) is 13.1. The van der Waals surface area contributed by atoms with Gasteiger partial charge >= 0.3 is 0 Å². The van der Waals surface area contributed by atoms with Crippen LogP contribution in [-0.2, 0) is 6.54 Å². The minimum absolute atomic E-state index is 0.219. The Bertz CT molecular complexity index is 409. The molecule has 4 heteroatoms. The molecule has 18 heavy (non-hydrogen) atoms. The number of nitrogens with two attached hydrogens (primary N) is 1. The largest absolute Gasteiger partial charge is 0.327 e. The Balaban J connectivity index is 2.13. The molecule has 2 nitrogen and oxygen atoms in total. The average molecular weight is 332 g/mol. The maximum Gasteiger partial charge on any atom is 0.0451 e. The van der Waals surface area contributed by atoms with Gasteiger partial charge in [-0.3, -0.25) is 4.90 Å². The first-order chi connectivity index (χ1) is 8.58. The van der Waals surface area contributed by atoms with Crippen LogP contribution in [0.2, 0.25) is 5.02 Å². The lowest BCUT2D eigenvalue weighted by Gasteiger charge is -2.38. The molecule has 2 rings (SSSR count). The Morgan fingerprint density at radius 2 is 2.28 bits per heavy atom. The fraction of sp³-hybridized carbons (Fsp3) is 0.571. The van der Waals surface area contributed by atoms with Crippen molar-refractivity contribution in [3.05, 3.63) is 33.3 Å². The van der Waals surface area contributed by atoms with Gasteiger partial charge in [0.2, 0.25) is 0 Å². The molecular formula is C14H20BrClN2. The molecule has 1 aliphatic rings. The Morgan fingerprint density at radius 3 is 3.00 bits per heavy atom. The second-order valence-corrected chi connectivity index (χ2v) is 6.45. The second kappa shape index (κ2) is 6.38. The molecule has 1 fully saturated rings.